The minimum atomic E-state index is -0.509. The highest BCUT2D eigenvalue weighted by molar-refractivity contribution is 7.10. The molecule has 0 saturated heterocycles. The highest BCUT2D eigenvalue weighted by Gasteiger charge is 2.33. The van der Waals surface area contributed by atoms with Gasteiger partial charge in [0, 0.05) is 17.5 Å². The van der Waals surface area contributed by atoms with E-state index >= 15 is 0 Å². The average molecular weight is 394 g/mol. The number of nitro groups is 1. The number of benzene rings is 2. The highest BCUT2D eigenvalue weighted by atomic mass is 32.1. The zero-order valence-electron chi connectivity index (χ0n) is 15.0. The van der Waals surface area contributed by atoms with Crippen molar-refractivity contribution in [3.63, 3.8) is 0 Å². The van der Waals surface area contributed by atoms with Crippen LogP contribution in [0.1, 0.15) is 22.0 Å². The zero-order valence-corrected chi connectivity index (χ0v) is 15.8. The van der Waals surface area contributed by atoms with Crippen LogP contribution in [0.2, 0.25) is 0 Å². The summed E-state index contributed by atoms with van der Waals surface area (Å²) in [6, 6.07) is 17.9. The van der Waals surface area contributed by atoms with E-state index in [2.05, 4.69) is 11.4 Å². The summed E-state index contributed by atoms with van der Waals surface area (Å²) in [5, 5.41) is 13.2. The van der Waals surface area contributed by atoms with E-state index < -0.39 is 4.92 Å². The van der Waals surface area contributed by atoms with Crippen molar-refractivity contribution in [3.8, 4) is 5.75 Å². The van der Waals surface area contributed by atoms with Crippen LogP contribution in [0.25, 0.3) is 0 Å². The number of amides is 1. The van der Waals surface area contributed by atoms with Crippen molar-refractivity contribution in [2.75, 3.05) is 13.2 Å². The van der Waals surface area contributed by atoms with Gasteiger partial charge in [0.15, 0.2) is 12.4 Å². The molecule has 0 bridgehead atoms. The van der Waals surface area contributed by atoms with Gasteiger partial charge in [0.1, 0.15) is 0 Å². The van der Waals surface area contributed by atoms with Crippen molar-refractivity contribution in [1.29, 1.82) is 0 Å². The van der Waals surface area contributed by atoms with Gasteiger partial charge in [0.25, 0.3) is 5.91 Å². The minimum absolute atomic E-state index is 0.102. The topological polar surface area (TPSA) is 72.7 Å². The van der Waals surface area contributed by atoms with Crippen molar-refractivity contribution in [2.24, 2.45) is 0 Å². The monoisotopic (exact) mass is 394 g/mol. The molecule has 2 aromatic carbocycles. The number of nitro benzene ring substituents is 1. The molecule has 1 aliphatic heterocycles. The number of carbonyl (C=O) groups excluding carboxylic acids is 1. The van der Waals surface area contributed by atoms with Crippen LogP contribution in [0.3, 0.4) is 0 Å². The third kappa shape index (κ3) is 3.48. The third-order valence-electron chi connectivity index (χ3n) is 4.81. The van der Waals surface area contributed by atoms with Crippen molar-refractivity contribution in [1.82, 2.24) is 4.90 Å². The van der Waals surface area contributed by atoms with Crippen LogP contribution in [-0.2, 0) is 11.2 Å². The SMILES string of the molecule is O=C(COc1ccccc1[N+](=O)[O-])N1CCc2sccc2[C@@H]1c1ccccc1. The number of nitrogens with zero attached hydrogens (tertiary/aromatic N) is 2. The highest BCUT2D eigenvalue weighted by Crippen LogP contribution is 2.37. The molecule has 6 nitrogen and oxygen atoms in total. The van der Waals surface area contributed by atoms with Gasteiger partial charge < -0.3 is 9.64 Å². The van der Waals surface area contributed by atoms with Gasteiger partial charge >= 0.3 is 5.69 Å². The molecular weight excluding hydrogens is 376 g/mol. The number of thiophene rings is 1. The Labute approximate surface area is 166 Å². The number of fused-ring (bicyclic) bond motifs is 1. The normalized spacial score (nSPS) is 15.7. The molecule has 2 heterocycles. The molecule has 0 radical (unpaired) electrons. The van der Waals surface area contributed by atoms with Crippen molar-refractivity contribution in [3.05, 3.63) is 92.2 Å². The maximum absolute atomic E-state index is 13.0. The molecule has 28 heavy (non-hydrogen) atoms. The fourth-order valence-electron chi connectivity index (χ4n) is 3.53. The largest absolute Gasteiger partial charge is 0.477 e. The van der Waals surface area contributed by atoms with Crippen LogP contribution < -0.4 is 4.74 Å². The van der Waals surface area contributed by atoms with Crippen LogP contribution >= 0.6 is 11.3 Å². The maximum Gasteiger partial charge on any atom is 0.310 e. The summed E-state index contributed by atoms with van der Waals surface area (Å²) in [7, 11) is 0. The van der Waals surface area contributed by atoms with Gasteiger partial charge in [0.2, 0.25) is 0 Å². The van der Waals surface area contributed by atoms with Gasteiger partial charge in [-0.25, -0.2) is 0 Å². The molecule has 0 fully saturated rings. The molecule has 1 atom stereocenters. The summed E-state index contributed by atoms with van der Waals surface area (Å²) in [5.41, 5.74) is 2.04. The lowest BCUT2D eigenvalue weighted by atomic mass is 9.93. The molecule has 1 aromatic heterocycles. The maximum atomic E-state index is 13.0. The standard InChI is InChI=1S/C21H18N2O4S/c24-20(14-27-18-9-5-4-8-17(18)23(25)26)22-12-10-19-16(11-13-28-19)21(22)15-6-2-1-3-7-15/h1-9,11,13,21H,10,12,14H2/t21-/m0/s1. The Kier molecular flexibility index (Phi) is 5.08. The van der Waals surface area contributed by atoms with Gasteiger partial charge in [-0.3, -0.25) is 14.9 Å². The van der Waals surface area contributed by atoms with Gasteiger partial charge in [-0.1, -0.05) is 42.5 Å². The lowest BCUT2D eigenvalue weighted by Crippen LogP contribution is -2.42. The van der Waals surface area contributed by atoms with E-state index in [9.17, 15) is 14.9 Å². The number of rotatable bonds is 5. The van der Waals surface area contributed by atoms with Crippen molar-refractivity contribution in [2.45, 2.75) is 12.5 Å². The number of hydrogen-bond donors (Lipinski definition) is 0. The molecule has 1 aliphatic rings. The van der Waals surface area contributed by atoms with E-state index in [0.29, 0.717) is 6.54 Å². The first-order chi connectivity index (χ1) is 13.6. The quantitative estimate of drug-likeness (QED) is 0.480. The van der Waals surface area contributed by atoms with Crippen LogP contribution in [-0.4, -0.2) is 28.9 Å². The first kappa shape index (κ1) is 18.2. The predicted octanol–water partition coefficient (Wildman–Crippen LogP) is 4.21. The molecule has 0 N–H and O–H groups in total. The van der Waals surface area contributed by atoms with Crippen molar-refractivity contribution < 1.29 is 14.5 Å². The van der Waals surface area contributed by atoms with Gasteiger partial charge in [-0.2, -0.15) is 0 Å². The Morgan fingerprint density at radius 1 is 1.14 bits per heavy atom. The number of carbonyl (C=O) groups is 1. The fourth-order valence-corrected chi connectivity index (χ4v) is 4.44. The van der Waals surface area contributed by atoms with Gasteiger partial charge in [-0.05, 0) is 35.1 Å². The Morgan fingerprint density at radius 2 is 1.89 bits per heavy atom. The molecule has 0 saturated carbocycles. The molecule has 142 valence electrons. The Balaban J connectivity index is 1.57. The summed E-state index contributed by atoms with van der Waals surface area (Å²) in [4.78, 5) is 26.7. The molecule has 3 aromatic rings. The van der Waals surface area contributed by atoms with E-state index in [1.54, 1.807) is 28.4 Å². The second-order valence-electron chi connectivity index (χ2n) is 6.46. The fraction of sp³-hybridized carbons (Fsp3) is 0.190. The molecular formula is C21H18N2O4S. The summed E-state index contributed by atoms with van der Waals surface area (Å²) in [6.07, 6.45) is 0.799. The minimum Gasteiger partial charge on any atom is -0.477 e. The zero-order chi connectivity index (χ0) is 19.5. The van der Waals surface area contributed by atoms with E-state index in [1.165, 1.54) is 17.0 Å². The Hall–Kier alpha value is -3.19. The number of para-hydroxylation sites is 2. The summed E-state index contributed by atoms with van der Waals surface area (Å²) < 4.78 is 5.54. The van der Waals surface area contributed by atoms with Gasteiger partial charge in [-0.15, -0.1) is 11.3 Å². The molecule has 4 rings (SSSR count). The third-order valence-corrected chi connectivity index (χ3v) is 5.81. The first-order valence-corrected chi connectivity index (χ1v) is 9.80. The molecule has 0 unspecified atom stereocenters. The predicted molar refractivity (Wildman–Crippen MR) is 107 cm³/mol. The summed E-state index contributed by atoms with van der Waals surface area (Å²) in [6.45, 7) is 0.347. The smallest absolute Gasteiger partial charge is 0.310 e. The van der Waals surface area contributed by atoms with E-state index in [1.807, 2.05) is 30.3 Å². The van der Waals surface area contributed by atoms with Crippen LogP contribution in [0, 0.1) is 10.1 Å². The van der Waals surface area contributed by atoms with E-state index in [4.69, 9.17) is 4.74 Å². The van der Waals surface area contributed by atoms with E-state index in [-0.39, 0.29) is 30.0 Å². The Bertz CT molecular complexity index is 1000. The second kappa shape index (κ2) is 7.82. The lowest BCUT2D eigenvalue weighted by Gasteiger charge is -2.36. The van der Waals surface area contributed by atoms with Crippen LogP contribution in [0.5, 0.6) is 5.75 Å². The number of ether oxygens (including phenoxy) is 1. The molecule has 1 amide bonds. The first-order valence-electron chi connectivity index (χ1n) is 8.92. The molecule has 0 aliphatic carbocycles. The molecule has 7 heteroatoms. The Morgan fingerprint density at radius 3 is 2.68 bits per heavy atom. The summed E-state index contributed by atoms with van der Waals surface area (Å²) in [5.74, 6) is -0.0887. The lowest BCUT2D eigenvalue weighted by molar-refractivity contribution is -0.385. The molecule has 0 spiro atoms. The van der Waals surface area contributed by atoms with E-state index in [0.717, 1.165) is 17.5 Å². The number of hydrogen-bond acceptors (Lipinski definition) is 5. The summed E-state index contributed by atoms with van der Waals surface area (Å²) >= 11 is 1.71. The second-order valence-corrected chi connectivity index (χ2v) is 7.46. The van der Waals surface area contributed by atoms with Crippen LogP contribution in [0.4, 0.5) is 5.69 Å². The van der Waals surface area contributed by atoms with Crippen molar-refractivity contribution >= 4 is 22.9 Å². The average Bonchev–Trinajstić information content (AvgIpc) is 3.21. The van der Waals surface area contributed by atoms with Gasteiger partial charge in [0.05, 0.1) is 11.0 Å². The van der Waals surface area contributed by atoms with Crippen LogP contribution in [0.15, 0.2) is 66.0 Å².